The molecule has 0 aliphatic rings. The second-order valence-electron chi connectivity index (χ2n) is 6.75. The van der Waals surface area contributed by atoms with Gasteiger partial charge in [-0.2, -0.15) is 13.2 Å². The van der Waals surface area contributed by atoms with Crippen LogP contribution in [0.5, 0.6) is 0 Å². The van der Waals surface area contributed by atoms with Gasteiger partial charge in [0.25, 0.3) is 15.9 Å². The standard InChI is InChI=1S/C21H18F3N3O3S/c1-13-11-16(26-20(28)18-7-4-10-25-14(18)2)8-9-19(13)31(29,30)27-17-6-3-5-15(12-17)21(22,23)24/h3-12,27H,1-2H3,(H,26,28). The first-order chi connectivity index (χ1) is 14.5. The number of aromatic nitrogens is 1. The number of halogens is 3. The fourth-order valence-corrected chi connectivity index (χ4v) is 4.20. The van der Waals surface area contributed by atoms with Crippen molar-refractivity contribution >= 4 is 27.3 Å². The molecule has 0 saturated heterocycles. The largest absolute Gasteiger partial charge is 0.416 e. The van der Waals surface area contributed by atoms with Crippen molar-refractivity contribution in [1.29, 1.82) is 0 Å². The molecule has 0 spiro atoms. The number of alkyl halides is 3. The van der Waals surface area contributed by atoms with Gasteiger partial charge in [0, 0.05) is 23.3 Å². The summed E-state index contributed by atoms with van der Waals surface area (Å²) in [5.74, 6) is -0.400. The molecule has 162 valence electrons. The number of carbonyl (C=O) groups excluding carboxylic acids is 1. The summed E-state index contributed by atoms with van der Waals surface area (Å²) in [5.41, 5.74) is 0.417. The molecule has 0 atom stereocenters. The van der Waals surface area contributed by atoms with E-state index in [0.29, 0.717) is 22.5 Å². The van der Waals surface area contributed by atoms with Crippen molar-refractivity contribution in [3.05, 3.63) is 83.2 Å². The van der Waals surface area contributed by atoms with Crippen LogP contribution in [0.25, 0.3) is 0 Å². The number of sulfonamides is 1. The summed E-state index contributed by atoms with van der Waals surface area (Å²) in [6, 6.07) is 11.3. The minimum absolute atomic E-state index is 0.125. The summed E-state index contributed by atoms with van der Waals surface area (Å²) in [5, 5.41) is 2.67. The first-order valence-corrected chi connectivity index (χ1v) is 10.5. The van der Waals surface area contributed by atoms with Crippen LogP contribution in [0.15, 0.2) is 65.7 Å². The van der Waals surface area contributed by atoms with Crippen LogP contribution in [0, 0.1) is 13.8 Å². The Labute approximate surface area is 177 Å². The van der Waals surface area contributed by atoms with Crippen LogP contribution in [0.1, 0.15) is 27.2 Å². The number of rotatable bonds is 5. The summed E-state index contributed by atoms with van der Waals surface area (Å²) in [4.78, 5) is 16.3. The van der Waals surface area contributed by atoms with Crippen molar-refractivity contribution in [2.75, 3.05) is 10.0 Å². The Morgan fingerprint density at radius 1 is 0.968 bits per heavy atom. The lowest BCUT2D eigenvalue weighted by molar-refractivity contribution is -0.137. The maximum Gasteiger partial charge on any atom is 0.416 e. The van der Waals surface area contributed by atoms with Crippen LogP contribution in [-0.4, -0.2) is 19.3 Å². The second kappa shape index (κ2) is 8.38. The van der Waals surface area contributed by atoms with Crippen molar-refractivity contribution in [2.24, 2.45) is 0 Å². The molecule has 3 rings (SSSR count). The zero-order chi connectivity index (χ0) is 22.8. The minimum atomic E-state index is -4.59. The van der Waals surface area contributed by atoms with E-state index in [1.807, 2.05) is 0 Å². The van der Waals surface area contributed by atoms with Gasteiger partial charge in [0.2, 0.25) is 0 Å². The van der Waals surface area contributed by atoms with E-state index in [-0.39, 0.29) is 10.6 Å². The number of amides is 1. The van der Waals surface area contributed by atoms with Crippen LogP contribution < -0.4 is 10.0 Å². The third-order valence-electron chi connectivity index (χ3n) is 4.42. The maximum absolute atomic E-state index is 12.9. The number of hydrogen-bond acceptors (Lipinski definition) is 4. The number of benzene rings is 2. The SMILES string of the molecule is Cc1cc(NC(=O)c2cccnc2C)ccc1S(=O)(=O)Nc1cccc(C(F)(F)F)c1. The van der Waals surface area contributed by atoms with Crippen LogP contribution >= 0.6 is 0 Å². The van der Waals surface area contributed by atoms with E-state index in [9.17, 15) is 26.4 Å². The van der Waals surface area contributed by atoms with E-state index in [1.54, 1.807) is 25.3 Å². The summed E-state index contributed by atoms with van der Waals surface area (Å²) >= 11 is 0. The van der Waals surface area contributed by atoms with E-state index in [0.717, 1.165) is 18.2 Å². The number of carbonyl (C=O) groups is 1. The van der Waals surface area contributed by atoms with Gasteiger partial charge >= 0.3 is 6.18 Å². The molecule has 2 aromatic carbocycles. The Bertz CT molecular complexity index is 1240. The lowest BCUT2D eigenvalue weighted by Gasteiger charge is -2.14. The molecule has 3 aromatic rings. The Balaban J connectivity index is 1.82. The molecule has 0 aliphatic heterocycles. The summed E-state index contributed by atoms with van der Waals surface area (Å²) in [7, 11) is -4.15. The second-order valence-corrected chi connectivity index (χ2v) is 8.41. The van der Waals surface area contributed by atoms with Gasteiger partial charge in [0.1, 0.15) is 0 Å². The quantitative estimate of drug-likeness (QED) is 0.587. The number of hydrogen-bond donors (Lipinski definition) is 2. The average molecular weight is 449 g/mol. The number of pyridine rings is 1. The van der Waals surface area contributed by atoms with Crippen molar-refractivity contribution in [3.63, 3.8) is 0 Å². The van der Waals surface area contributed by atoms with E-state index in [1.165, 1.54) is 31.2 Å². The molecule has 0 aliphatic carbocycles. The van der Waals surface area contributed by atoms with Crippen molar-refractivity contribution in [2.45, 2.75) is 24.9 Å². The summed E-state index contributed by atoms with van der Waals surface area (Å²) < 4.78 is 66.2. The fraction of sp³-hybridized carbons (Fsp3) is 0.143. The molecule has 1 aromatic heterocycles. The molecule has 2 N–H and O–H groups in total. The molecule has 31 heavy (non-hydrogen) atoms. The fourth-order valence-electron chi connectivity index (χ4n) is 2.92. The van der Waals surface area contributed by atoms with Gasteiger partial charge in [0.15, 0.2) is 0 Å². The van der Waals surface area contributed by atoms with Crippen LogP contribution in [-0.2, 0) is 16.2 Å². The van der Waals surface area contributed by atoms with Crippen molar-refractivity contribution in [1.82, 2.24) is 4.98 Å². The zero-order valence-electron chi connectivity index (χ0n) is 16.5. The highest BCUT2D eigenvalue weighted by Crippen LogP contribution is 2.31. The molecule has 6 nitrogen and oxygen atoms in total. The highest BCUT2D eigenvalue weighted by molar-refractivity contribution is 7.92. The molecule has 0 saturated carbocycles. The smallest absolute Gasteiger partial charge is 0.322 e. The molecule has 1 amide bonds. The highest BCUT2D eigenvalue weighted by atomic mass is 32.2. The van der Waals surface area contributed by atoms with Gasteiger partial charge in [-0.15, -0.1) is 0 Å². The highest BCUT2D eigenvalue weighted by Gasteiger charge is 2.30. The summed E-state index contributed by atoms with van der Waals surface area (Å²) in [6.45, 7) is 3.21. The number of nitrogens with one attached hydrogen (secondary N) is 2. The third-order valence-corrected chi connectivity index (χ3v) is 5.96. The molecule has 0 unspecified atom stereocenters. The lowest BCUT2D eigenvalue weighted by atomic mass is 10.1. The van der Waals surface area contributed by atoms with Crippen LogP contribution in [0.2, 0.25) is 0 Å². The van der Waals surface area contributed by atoms with Crippen LogP contribution in [0.3, 0.4) is 0 Å². The van der Waals surface area contributed by atoms with Gasteiger partial charge in [-0.1, -0.05) is 6.07 Å². The van der Waals surface area contributed by atoms with E-state index in [2.05, 4.69) is 15.0 Å². The Morgan fingerprint density at radius 3 is 2.35 bits per heavy atom. The average Bonchev–Trinajstić information content (AvgIpc) is 2.67. The molecular weight excluding hydrogens is 431 g/mol. The number of nitrogens with zero attached hydrogens (tertiary/aromatic N) is 1. The van der Waals surface area contributed by atoms with Gasteiger partial charge in [-0.05, 0) is 67.9 Å². The first kappa shape index (κ1) is 22.3. The normalized spacial score (nSPS) is 11.8. The summed E-state index contributed by atoms with van der Waals surface area (Å²) in [6.07, 6.45) is -3.03. The van der Waals surface area contributed by atoms with E-state index >= 15 is 0 Å². The van der Waals surface area contributed by atoms with E-state index in [4.69, 9.17) is 0 Å². The van der Waals surface area contributed by atoms with Gasteiger partial charge in [0.05, 0.1) is 16.0 Å². The van der Waals surface area contributed by atoms with Gasteiger partial charge in [-0.25, -0.2) is 8.42 Å². The monoisotopic (exact) mass is 449 g/mol. The van der Waals surface area contributed by atoms with E-state index < -0.39 is 27.7 Å². The predicted molar refractivity (Wildman–Crippen MR) is 110 cm³/mol. The third kappa shape index (κ3) is 5.21. The van der Waals surface area contributed by atoms with Gasteiger partial charge in [-0.3, -0.25) is 14.5 Å². The van der Waals surface area contributed by atoms with Gasteiger partial charge < -0.3 is 5.32 Å². The molecule has 0 fully saturated rings. The molecule has 0 bridgehead atoms. The van der Waals surface area contributed by atoms with Crippen LogP contribution in [0.4, 0.5) is 24.5 Å². The Hall–Kier alpha value is -3.40. The Morgan fingerprint density at radius 2 is 1.71 bits per heavy atom. The zero-order valence-corrected chi connectivity index (χ0v) is 17.3. The van der Waals surface area contributed by atoms with Crippen molar-refractivity contribution < 1.29 is 26.4 Å². The first-order valence-electron chi connectivity index (χ1n) is 9.01. The minimum Gasteiger partial charge on any atom is -0.322 e. The molecule has 10 heteroatoms. The Kier molecular flexibility index (Phi) is 6.03. The molecular formula is C21H18F3N3O3S. The lowest BCUT2D eigenvalue weighted by Crippen LogP contribution is -2.16. The predicted octanol–water partition coefficient (Wildman–Crippen LogP) is 4.77. The number of anilines is 2. The topological polar surface area (TPSA) is 88.2 Å². The number of aryl methyl sites for hydroxylation is 2. The molecule has 1 heterocycles. The maximum atomic E-state index is 12.9. The van der Waals surface area contributed by atoms with Crippen molar-refractivity contribution in [3.8, 4) is 0 Å². The molecule has 0 radical (unpaired) electrons.